The second-order valence-electron chi connectivity index (χ2n) is 3.22. The summed E-state index contributed by atoms with van der Waals surface area (Å²) in [7, 11) is 0. The zero-order valence-electron chi connectivity index (χ0n) is 7.37. The molecule has 0 radical (unpaired) electrons. The molecule has 0 aromatic heterocycles. The molecule has 0 aromatic rings. The standard InChI is InChI=1S/C7H14F2N2.2ClH.H2/c1-4(7(8)9)11-6-2-5(10)3-6;;;/h4-7,11H,2-3,10H2,1H3;3*1H. The molecule has 0 amide bonds. The van der Waals surface area contributed by atoms with Crippen LogP contribution >= 0.6 is 24.8 Å². The topological polar surface area (TPSA) is 38.0 Å². The van der Waals surface area contributed by atoms with E-state index in [1.54, 1.807) is 0 Å². The summed E-state index contributed by atoms with van der Waals surface area (Å²) in [5.74, 6) is 0. The van der Waals surface area contributed by atoms with Gasteiger partial charge in [0.05, 0.1) is 6.04 Å². The molecule has 2 nitrogen and oxygen atoms in total. The van der Waals surface area contributed by atoms with Crippen molar-refractivity contribution in [3.8, 4) is 0 Å². The monoisotopic (exact) mass is 238 g/mol. The molecule has 84 valence electrons. The van der Waals surface area contributed by atoms with Crippen molar-refractivity contribution in [3.63, 3.8) is 0 Å². The summed E-state index contributed by atoms with van der Waals surface area (Å²) < 4.78 is 23.9. The number of hydrogen-bond acceptors (Lipinski definition) is 2. The fourth-order valence-electron chi connectivity index (χ4n) is 1.24. The van der Waals surface area contributed by atoms with Crippen molar-refractivity contribution in [1.82, 2.24) is 5.32 Å². The van der Waals surface area contributed by atoms with Crippen LogP contribution in [0.1, 0.15) is 21.2 Å². The molecule has 1 saturated carbocycles. The van der Waals surface area contributed by atoms with Gasteiger partial charge in [0.1, 0.15) is 0 Å². The highest BCUT2D eigenvalue weighted by molar-refractivity contribution is 5.85. The first kappa shape index (κ1) is 15.8. The van der Waals surface area contributed by atoms with Gasteiger partial charge in [0.25, 0.3) is 6.43 Å². The molecule has 13 heavy (non-hydrogen) atoms. The summed E-state index contributed by atoms with van der Waals surface area (Å²) in [5.41, 5.74) is 5.49. The van der Waals surface area contributed by atoms with Crippen molar-refractivity contribution < 1.29 is 10.2 Å². The maximum atomic E-state index is 12.0. The number of alkyl halides is 2. The van der Waals surface area contributed by atoms with Gasteiger partial charge >= 0.3 is 0 Å². The maximum absolute atomic E-state index is 12.0. The van der Waals surface area contributed by atoms with Crippen molar-refractivity contribution in [2.45, 2.75) is 44.3 Å². The smallest absolute Gasteiger partial charge is 0.253 e. The van der Waals surface area contributed by atoms with Crippen LogP contribution in [-0.2, 0) is 0 Å². The van der Waals surface area contributed by atoms with Gasteiger partial charge in [-0.1, -0.05) is 0 Å². The van der Waals surface area contributed by atoms with Crippen LogP contribution in [-0.4, -0.2) is 24.6 Å². The van der Waals surface area contributed by atoms with Crippen molar-refractivity contribution >= 4 is 24.8 Å². The number of rotatable bonds is 3. The molecule has 1 fully saturated rings. The minimum atomic E-state index is -2.27. The lowest BCUT2D eigenvalue weighted by Gasteiger charge is -2.35. The average Bonchev–Trinajstić information content (AvgIpc) is 1.84. The molecule has 1 unspecified atom stereocenters. The first-order valence-electron chi connectivity index (χ1n) is 3.89. The van der Waals surface area contributed by atoms with E-state index in [0.717, 1.165) is 12.8 Å². The SMILES string of the molecule is CC(NC1CC(N)C1)C(F)F.Cl.Cl.[HH]. The van der Waals surface area contributed by atoms with Gasteiger partial charge in [-0.2, -0.15) is 0 Å². The third kappa shape index (κ3) is 4.96. The largest absolute Gasteiger partial charge is 0.328 e. The van der Waals surface area contributed by atoms with Gasteiger partial charge in [-0.05, 0) is 19.8 Å². The van der Waals surface area contributed by atoms with E-state index in [4.69, 9.17) is 5.73 Å². The van der Waals surface area contributed by atoms with Crippen LogP contribution in [0.15, 0.2) is 0 Å². The number of halogens is 4. The normalized spacial score (nSPS) is 28.4. The van der Waals surface area contributed by atoms with E-state index in [-0.39, 0.29) is 38.3 Å². The maximum Gasteiger partial charge on any atom is 0.253 e. The minimum Gasteiger partial charge on any atom is -0.328 e. The highest BCUT2D eigenvalue weighted by atomic mass is 35.5. The fraction of sp³-hybridized carbons (Fsp3) is 1.00. The molecule has 0 aromatic carbocycles. The van der Waals surface area contributed by atoms with E-state index in [1.165, 1.54) is 6.92 Å². The Morgan fingerprint density at radius 3 is 2.15 bits per heavy atom. The Kier molecular flexibility index (Phi) is 8.23. The van der Waals surface area contributed by atoms with Crippen molar-refractivity contribution in [2.75, 3.05) is 0 Å². The Morgan fingerprint density at radius 1 is 1.38 bits per heavy atom. The van der Waals surface area contributed by atoms with Gasteiger partial charge in [-0.15, -0.1) is 24.8 Å². The van der Waals surface area contributed by atoms with Crippen LogP contribution in [0.2, 0.25) is 0 Å². The van der Waals surface area contributed by atoms with Gasteiger partial charge in [0.15, 0.2) is 0 Å². The van der Waals surface area contributed by atoms with Crippen LogP contribution in [0.4, 0.5) is 8.78 Å². The Labute approximate surface area is 90.9 Å². The molecule has 0 saturated heterocycles. The number of nitrogens with one attached hydrogen (secondary N) is 1. The highest BCUT2D eigenvalue weighted by Gasteiger charge is 2.28. The molecule has 1 atom stereocenters. The Balaban J connectivity index is -0.000000403. The number of nitrogens with two attached hydrogens (primary N) is 1. The summed E-state index contributed by atoms with van der Waals surface area (Å²) in [4.78, 5) is 0. The minimum absolute atomic E-state index is 0. The van der Waals surface area contributed by atoms with Gasteiger partial charge in [-0.3, -0.25) is 0 Å². The lowest BCUT2D eigenvalue weighted by molar-refractivity contribution is 0.0897. The van der Waals surface area contributed by atoms with Gasteiger partial charge < -0.3 is 11.1 Å². The molecule has 1 aliphatic carbocycles. The molecule has 3 N–H and O–H groups in total. The van der Waals surface area contributed by atoms with E-state index < -0.39 is 12.5 Å². The van der Waals surface area contributed by atoms with Gasteiger partial charge in [0.2, 0.25) is 0 Å². The summed E-state index contributed by atoms with van der Waals surface area (Å²) in [6, 6.07) is -0.265. The third-order valence-corrected chi connectivity index (χ3v) is 2.05. The summed E-state index contributed by atoms with van der Waals surface area (Å²) in [6.07, 6.45) is -0.611. The van der Waals surface area contributed by atoms with Crippen LogP contribution in [0.25, 0.3) is 0 Å². The van der Waals surface area contributed by atoms with E-state index in [9.17, 15) is 8.78 Å². The lowest BCUT2D eigenvalue weighted by Crippen LogP contribution is -2.52. The van der Waals surface area contributed by atoms with Crippen LogP contribution in [0.5, 0.6) is 0 Å². The van der Waals surface area contributed by atoms with E-state index in [0.29, 0.717) is 0 Å². The molecule has 0 bridgehead atoms. The molecule has 1 rings (SSSR count). The predicted molar refractivity (Wildman–Crippen MR) is 56.2 cm³/mol. The first-order valence-corrected chi connectivity index (χ1v) is 3.89. The quantitative estimate of drug-likeness (QED) is 0.788. The molecule has 0 aliphatic heterocycles. The second-order valence-corrected chi connectivity index (χ2v) is 3.22. The van der Waals surface area contributed by atoms with Crippen molar-refractivity contribution in [1.29, 1.82) is 0 Å². The van der Waals surface area contributed by atoms with Crippen LogP contribution < -0.4 is 11.1 Å². The highest BCUT2D eigenvalue weighted by Crippen LogP contribution is 2.18. The Bertz CT molecular complexity index is 137. The third-order valence-electron chi connectivity index (χ3n) is 2.05. The van der Waals surface area contributed by atoms with Gasteiger partial charge in [0, 0.05) is 13.5 Å². The second kappa shape index (κ2) is 6.76. The fourth-order valence-corrected chi connectivity index (χ4v) is 1.24. The molecular formula is C7H18Cl2F2N2. The first-order chi connectivity index (χ1) is 5.09. The number of hydrogen-bond donors (Lipinski definition) is 2. The van der Waals surface area contributed by atoms with E-state index in [2.05, 4.69) is 5.32 Å². The lowest BCUT2D eigenvalue weighted by atomic mass is 9.87. The van der Waals surface area contributed by atoms with Crippen molar-refractivity contribution in [3.05, 3.63) is 0 Å². The Hall–Kier alpha value is 0.360. The predicted octanol–water partition coefficient (Wildman–Crippen LogP) is 1.81. The summed E-state index contributed by atoms with van der Waals surface area (Å²) >= 11 is 0. The van der Waals surface area contributed by atoms with Crippen molar-refractivity contribution in [2.24, 2.45) is 5.73 Å². The molecule has 6 heteroatoms. The van der Waals surface area contributed by atoms with Gasteiger partial charge in [-0.25, -0.2) is 8.78 Å². The zero-order valence-corrected chi connectivity index (χ0v) is 9.01. The summed E-state index contributed by atoms with van der Waals surface area (Å²) in [5, 5.41) is 2.82. The molecule has 0 spiro atoms. The van der Waals surface area contributed by atoms with Crippen LogP contribution in [0.3, 0.4) is 0 Å². The summed E-state index contributed by atoms with van der Waals surface area (Å²) in [6.45, 7) is 1.49. The zero-order chi connectivity index (χ0) is 8.43. The molecular weight excluding hydrogens is 221 g/mol. The van der Waals surface area contributed by atoms with E-state index >= 15 is 0 Å². The average molecular weight is 239 g/mol. The molecule has 1 aliphatic rings. The van der Waals surface area contributed by atoms with E-state index in [1.807, 2.05) is 0 Å². The Morgan fingerprint density at radius 2 is 1.85 bits per heavy atom. The van der Waals surface area contributed by atoms with Crippen LogP contribution in [0, 0.1) is 0 Å². The molecule has 0 heterocycles.